The van der Waals surface area contributed by atoms with E-state index >= 15 is 0 Å². The number of carbonyl (C=O) groups excluding carboxylic acids is 1. The minimum atomic E-state index is -0.0892. The molecule has 0 unspecified atom stereocenters. The van der Waals surface area contributed by atoms with Crippen molar-refractivity contribution in [2.24, 2.45) is 0 Å². The number of furan rings is 1. The highest BCUT2D eigenvalue weighted by atomic mass is 16.3. The summed E-state index contributed by atoms with van der Waals surface area (Å²) in [4.78, 5) is 14.6. The number of hydrogen-bond donors (Lipinski definition) is 1. The van der Waals surface area contributed by atoms with Crippen LogP contribution in [0.3, 0.4) is 0 Å². The van der Waals surface area contributed by atoms with Gasteiger partial charge in [-0.15, -0.1) is 0 Å². The van der Waals surface area contributed by atoms with E-state index in [4.69, 9.17) is 4.42 Å². The van der Waals surface area contributed by atoms with Crippen molar-refractivity contribution in [3.63, 3.8) is 0 Å². The number of aryl methyl sites for hydroxylation is 1. The molecule has 4 nitrogen and oxygen atoms in total. The van der Waals surface area contributed by atoms with Gasteiger partial charge in [-0.25, -0.2) is 0 Å². The molecule has 3 rings (SSSR count). The molecular weight excluding hydrogens is 288 g/mol. The lowest BCUT2D eigenvalue weighted by Crippen LogP contribution is -2.29. The lowest BCUT2D eigenvalue weighted by atomic mass is 10.1. The number of nitrogens with zero attached hydrogens (tertiary/aromatic N) is 1. The zero-order chi connectivity index (χ0) is 16.1. The van der Waals surface area contributed by atoms with Crippen molar-refractivity contribution >= 4 is 5.91 Å². The van der Waals surface area contributed by atoms with E-state index in [2.05, 4.69) is 34.5 Å². The first-order valence-corrected chi connectivity index (χ1v) is 8.35. The normalized spacial score (nSPS) is 15.5. The Morgan fingerprint density at radius 1 is 1.09 bits per heavy atom. The van der Waals surface area contributed by atoms with Crippen LogP contribution < -0.4 is 5.32 Å². The number of benzene rings is 1. The van der Waals surface area contributed by atoms with E-state index in [-0.39, 0.29) is 5.91 Å². The molecule has 1 aliphatic rings. The Morgan fingerprint density at radius 2 is 1.78 bits per heavy atom. The van der Waals surface area contributed by atoms with E-state index in [1.807, 2.05) is 0 Å². The SMILES string of the molecule is Cc1occc1C(=O)NCc1ccc(CN2CCCCC2)cc1. The Morgan fingerprint density at radius 3 is 2.43 bits per heavy atom. The number of rotatable bonds is 5. The first-order valence-electron chi connectivity index (χ1n) is 8.35. The fraction of sp³-hybridized carbons (Fsp3) is 0.421. The van der Waals surface area contributed by atoms with E-state index in [1.54, 1.807) is 19.3 Å². The van der Waals surface area contributed by atoms with Gasteiger partial charge in [0.1, 0.15) is 5.76 Å². The highest BCUT2D eigenvalue weighted by molar-refractivity contribution is 5.94. The Hall–Kier alpha value is -2.07. The molecule has 1 aliphatic heterocycles. The quantitative estimate of drug-likeness (QED) is 0.919. The zero-order valence-corrected chi connectivity index (χ0v) is 13.7. The summed E-state index contributed by atoms with van der Waals surface area (Å²) in [6.07, 6.45) is 5.54. The summed E-state index contributed by atoms with van der Waals surface area (Å²) in [5.74, 6) is 0.563. The third-order valence-corrected chi connectivity index (χ3v) is 4.43. The standard InChI is InChI=1S/C19H24N2O2/c1-15-18(9-12-23-15)19(22)20-13-16-5-7-17(8-6-16)14-21-10-3-2-4-11-21/h5-9,12H,2-4,10-11,13-14H2,1H3,(H,20,22). The second-order valence-corrected chi connectivity index (χ2v) is 6.23. The van der Waals surface area contributed by atoms with E-state index in [0.29, 0.717) is 17.9 Å². The van der Waals surface area contributed by atoms with Crippen LogP contribution in [0.15, 0.2) is 41.0 Å². The number of piperidine rings is 1. The maximum atomic E-state index is 12.1. The number of nitrogens with one attached hydrogen (secondary N) is 1. The zero-order valence-electron chi connectivity index (χ0n) is 13.7. The number of amides is 1. The summed E-state index contributed by atoms with van der Waals surface area (Å²) in [6, 6.07) is 10.2. The van der Waals surface area contributed by atoms with Crippen LogP contribution in [-0.4, -0.2) is 23.9 Å². The summed E-state index contributed by atoms with van der Waals surface area (Å²) < 4.78 is 5.16. The van der Waals surface area contributed by atoms with Crippen LogP contribution >= 0.6 is 0 Å². The predicted molar refractivity (Wildman–Crippen MR) is 90.2 cm³/mol. The summed E-state index contributed by atoms with van der Waals surface area (Å²) in [5, 5.41) is 2.93. The molecule has 0 bridgehead atoms. The van der Waals surface area contributed by atoms with Crippen molar-refractivity contribution < 1.29 is 9.21 Å². The highest BCUT2D eigenvalue weighted by Crippen LogP contribution is 2.14. The minimum Gasteiger partial charge on any atom is -0.469 e. The van der Waals surface area contributed by atoms with Gasteiger partial charge in [0.15, 0.2) is 0 Å². The molecule has 2 heterocycles. The third kappa shape index (κ3) is 4.23. The summed E-state index contributed by atoms with van der Waals surface area (Å²) in [6.45, 7) is 5.78. The summed E-state index contributed by atoms with van der Waals surface area (Å²) >= 11 is 0. The Kier molecular flexibility index (Phi) is 5.13. The second-order valence-electron chi connectivity index (χ2n) is 6.23. The van der Waals surface area contributed by atoms with Gasteiger partial charge in [-0.3, -0.25) is 9.69 Å². The van der Waals surface area contributed by atoms with Crippen molar-refractivity contribution in [1.82, 2.24) is 10.2 Å². The summed E-state index contributed by atoms with van der Waals surface area (Å²) in [7, 11) is 0. The van der Waals surface area contributed by atoms with Crippen LogP contribution in [0.1, 0.15) is 46.5 Å². The van der Waals surface area contributed by atoms with Gasteiger partial charge in [-0.1, -0.05) is 30.7 Å². The van der Waals surface area contributed by atoms with Gasteiger partial charge in [-0.05, 0) is 50.0 Å². The fourth-order valence-corrected chi connectivity index (χ4v) is 3.04. The van der Waals surface area contributed by atoms with Crippen molar-refractivity contribution in [2.75, 3.05) is 13.1 Å². The topological polar surface area (TPSA) is 45.5 Å². The third-order valence-electron chi connectivity index (χ3n) is 4.43. The molecule has 0 atom stereocenters. The van der Waals surface area contributed by atoms with Gasteiger partial charge < -0.3 is 9.73 Å². The second kappa shape index (κ2) is 7.47. The largest absolute Gasteiger partial charge is 0.469 e. The Balaban J connectivity index is 1.51. The van der Waals surface area contributed by atoms with E-state index < -0.39 is 0 Å². The molecule has 1 saturated heterocycles. The van der Waals surface area contributed by atoms with E-state index in [0.717, 1.165) is 12.1 Å². The molecule has 0 aliphatic carbocycles. The molecule has 0 radical (unpaired) electrons. The van der Waals surface area contributed by atoms with Crippen molar-refractivity contribution in [3.05, 3.63) is 59.0 Å². The molecule has 0 saturated carbocycles. The average Bonchev–Trinajstić information content (AvgIpc) is 3.01. The van der Waals surface area contributed by atoms with Crippen molar-refractivity contribution in [1.29, 1.82) is 0 Å². The van der Waals surface area contributed by atoms with Crippen LogP contribution in [0.25, 0.3) is 0 Å². The molecule has 23 heavy (non-hydrogen) atoms. The average molecular weight is 312 g/mol. The lowest BCUT2D eigenvalue weighted by molar-refractivity contribution is 0.0949. The Labute approximate surface area is 137 Å². The Bertz CT molecular complexity index is 640. The lowest BCUT2D eigenvalue weighted by Gasteiger charge is -2.26. The molecule has 122 valence electrons. The minimum absolute atomic E-state index is 0.0892. The first-order chi connectivity index (χ1) is 11.2. The van der Waals surface area contributed by atoms with Gasteiger partial charge in [0.25, 0.3) is 5.91 Å². The van der Waals surface area contributed by atoms with Gasteiger partial charge in [0.05, 0.1) is 11.8 Å². The molecule has 1 fully saturated rings. The van der Waals surface area contributed by atoms with Gasteiger partial charge in [0.2, 0.25) is 0 Å². The van der Waals surface area contributed by atoms with Crippen molar-refractivity contribution in [2.45, 2.75) is 39.3 Å². The van der Waals surface area contributed by atoms with E-state index in [1.165, 1.54) is 37.9 Å². The number of carbonyl (C=O) groups is 1. The maximum absolute atomic E-state index is 12.1. The van der Waals surface area contributed by atoms with Crippen LogP contribution in [0.4, 0.5) is 0 Å². The van der Waals surface area contributed by atoms with E-state index in [9.17, 15) is 4.79 Å². The van der Waals surface area contributed by atoms with Gasteiger partial charge >= 0.3 is 0 Å². The maximum Gasteiger partial charge on any atom is 0.255 e. The van der Waals surface area contributed by atoms with Gasteiger partial charge in [-0.2, -0.15) is 0 Å². The van der Waals surface area contributed by atoms with Crippen LogP contribution in [0, 0.1) is 6.92 Å². The molecule has 1 aromatic carbocycles. The van der Waals surface area contributed by atoms with Gasteiger partial charge in [0, 0.05) is 13.1 Å². The van der Waals surface area contributed by atoms with Crippen molar-refractivity contribution in [3.8, 4) is 0 Å². The molecule has 0 spiro atoms. The number of hydrogen-bond acceptors (Lipinski definition) is 3. The first kappa shape index (κ1) is 15.8. The molecule has 1 amide bonds. The van der Waals surface area contributed by atoms with Crippen LogP contribution in [0.2, 0.25) is 0 Å². The molecule has 1 aromatic heterocycles. The highest BCUT2D eigenvalue weighted by Gasteiger charge is 2.12. The van der Waals surface area contributed by atoms with Crippen LogP contribution in [0.5, 0.6) is 0 Å². The molecule has 4 heteroatoms. The fourth-order valence-electron chi connectivity index (χ4n) is 3.04. The number of likely N-dealkylation sites (tertiary alicyclic amines) is 1. The molecular formula is C19H24N2O2. The predicted octanol–water partition coefficient (Wildman–Crippen LogP) is 3.50. The molecule has 2 aromatic rings. The summed E-state index contributed by atoms with van der Waals surface area (Å²) in [5.41, 5.74) is 3.06. The van der Waals surface area contributed by atoms with Crippen LogP contribution in [-0.2, 0) is 13.1 Å². The molecule has 1 N–H and O–H groups in total. The smallest absolute Gasteiger partial charge is 0.255 e. The monoisotopic (exact) mass is 312 g/mol.